The van der Waals surface area contributed by atoms with Gasteiger partial charge in [0.15, 0.2) is 0 Å². The van der Waals surface area contributed by atoms with E-state index >= 15 is 0 Å². The molecule has 3 rings (SSSR count). The standard InChI is InChI=1S/C21H20N2O5/c1-13(2)21(25)28-23-20-17(11-14-7-4-5-10-18(14)27-20)19(24)22-15-8-6-9-16(12-15)26-3/h4-13H,1-3H3,(H,22,24)/b23-20-. The third kappa shape index (κ3) is 4.37. The molecule has 0 saturated carbocycles. The third-order valence-electron chi connectivity index (χ3n) is 3.92. The SMILES string of the molecule is COc1cccc(NC(=O)c2cc3ccccc3o/c2=N\OC(=O)C(C)C)c1. The van der Waals surface area contributed by atoms with Gasteiger partial charge in [0.05, 0.1) is 13.0 Å². The van der Waals surface area contributed by atoms with Crippen molar-refractivity contribution in [1.29, 1.82) is 0 Å². The Bertz CT molecular complexity index is 1090. The van der Waals surface area contributed by atoms with E-state index < -0.39 is 11.9 Å². The summed E-state index contributed by atoms with van der Waals surface area (Å²) < 4.78 is 10.9. The van der Waals surface area contributed by atoms with Crippen molar-refractivity contribution in [3.63, 3.8) is 0 Å². The lowest BCUT2D eigenvalue weighted by Gasteiger charge is -2.08. The van der Waals surface area contributed by atoms with Crippen LogP contribution in [0.5, 0.6) is 5.75 Å². The lowest BCUT2D eigenvalue weighted by molar-refractivity contribution is -0.148. The molecule has 0 radical (unpaired) electrons. The molecule has 28 heavy (non-hydrogen) atoms. The number of hydrogen-bond donors (Lipinski definition) is 1. The van der Waals surface area contributed by atoms with Crippen molar-refractivity contribution >= 4 is 28.5 Å². The van der Waals surface area contributed by atoms with Gasteiger partial charge in [-0.15, -0.1) is 0 Å². The molecule has 1 aromatic heterocycles. The highest BCUT2D eigenvalue weighted by atomic mass is 16.7. The van der Waals surface area contributed by atoms with E-state index in [0.717, 1.165) is 0 Å². The van der Waals surface area contributed by atoms with Gasteiger partial charge in [-0.3, -0.25) is 4.79 Å². The Morgan fingerprint density at radius 1 is 1.07 bits per heavy atom. The minimum Gasteiger partial charge on any atom is -0.497 e. The smallest absolute Gasteiger partial charge is 0.337 e. The Hall–Kier alpha value is -3.61. The number of ether oxygens (including phenoxy) is 1. The van der Waals surface area contributed by atoms with Crippen molar-refractivity contribution in [3.05, 3.63) is 65.7 Å². The quantitative estimate of drug-likeness (QED) is 0.538. The predicted octanol–water partition coefficient (Wildman–Crippen LogP) is 3.71. The first-order valence-electron chi connectivity index (χ1n) is 8.71. The Balaban J connectivity index is 2.01. The second-order valence-electron chi connectivity index (χ2n) is 6.35. The Labute approximate surface area is 161 Å². The zero-order valence-corrected chi connectivity index (χ0v) is 15.8. The van der Waals surface area contributed by atoms with E-state index in [4.69, 9.17) is 14.0 Å². The number of carbonyl (C=O) groups is 2. The second-order valence-corrected chi connectivity index (χ2v) is 6.35. The van der Waals surface area contributed by atoms with Gasteiger partial charge in [-0.25, -0.2) is 4.79 Å². The molecule has 0 aliphatic rings. The Kier molecular flexibility index (Phi) is 5.74. The zero-order valence-electron chi connectivity index (χ0n) is 15.8. The molecule has 0 atom stereocenters. The van der Waals surface area contributed by atoms with Gasteiger partial charge in [0.25, 0.3) is 11.5 Å². The van der Waals surface area contributed by atoms with Gasteiger partial charge in [0.2, 0.25) is 0 Å². The van der Waals surface area contributed by atoms with Gasteiger partial charge in [0.1, 0.15) is 16.9 Å². The van der Waals surface area contributed by atoms with Crippen molar-refractivity contribution in [2.75, 3.05) is 12.4 Å². The predicted molar refractivity (Wildman–Crippen MR) is 104 cm³/mol. The molecule has 7 heteroatoms. The lowest BCUT2D eigenvalue weighted by atomic mass is 10.1. The fourth-order valence-corrected chi connectivity index (χ4v) is 2.39. The maximum atomic E-state index is 12.8. The molecule has 144 valence electrons. The van der Waals surface area contributed by atoms with Crippen LogP contribution in [0.3, 0.4) is 0 Å². The van der Waals surface area contributed by atoms with Crippen molar-refractivity contribution in [3.8, 4) is 5.75 Å². The zero-order chi connectivity index (χ0) is 20.1. The second kappa shape index (κ2) is 8.39. The molecule has 1 heterocycles. The average Bonchev–Trinajstić information content (AvgIpc) is 2.71. The van der Waals surface area contributed by atoms with Crippen LogP contribution < -0.4 is 15.6 Å². The number of methoxy groups -OCH3 is 1. The molecule has 1 N–H and O–H groups in total. The van der Waals surface area contributed by atoms with Crippen LogP contribution in [0.1, 0.15) is 24.2 Å². The fourth-order valence-electron chi connectivity index (χ4n) is 2.39. The van der Waals surface area contributed by atoms with Crippen LogP contribution in [0.4, 0.5) is 5.69 Å². The number of rotatable bonds is 5. The van der Waals surface area contributed by atoms with Crippen LogP contribution in [-0.4, -0.2) is 19.0 Å². The van der Waals surface area contributed by atoms with E-state index in [0.29, 0.717) is 22.4 Å². The number of carbonyl (C=O) groups excluding carboxylic acids is 2. The summed E-state index contributed by atoms with van der Waals surface area (Å²) in [6.45, 7) is 3.37. The van der Waals surface area contributed by atoms with E-state index in [-0.39, 0.29) is 17.0 Å². The number of nitrogens with one attached hydrogen (secondary N) is 1. The number of para-hydroxylation sites is 1. The molecular formula is C21H20N2O5. The summed E-state index contributed by atoms with van der Waals surface area (Å²) in [6, 6.07) is 15.8. The molecule has 0 unspecified atom stereocenters. The van der Waals surface area contributed by atoms with Crippen LogP contribution in [0, 0.1) is 5.92 Å². The summed E-state index contributed by atoms with van der Waals surface area (Å²) in [6.07, 6.45) is 0. The topological polar surface area (TPSA) is 90.1 Å². The molecule has 0 bridgehead atoms. The summed E-state index contributed by atoms with van der Waals surface area (Å²) in [7, 11) is 1.54. The van der Waals surface area contributed by atoms with Gasteiger partial charge >= 0.3 is 5.97 Å². The molecule has 0 aliphatic carbocycles. The van der Waals surface area contributed by atoms with Gasteiger partial charge in [-0.1, -0.05) is 38.1 Å². The summed E-state index contributed by atoms with van der Waals surface area (Å²) in [5.41, 5.74) is 1.11. The maximum absolute atomic E-state index is 12.8. The van der Waals surface area contributed by atoms with Crippen LogP contribution in [0.15, 0.2) is 64.2 Å². The molecule has 3 aromatic rings. The highest BCUT2D eigenvalue weighted by Crippen LogP contribution is 2.18. The first kappa shape index (κ1) is 19.2. The molecule has 7 nitrogen and oxygen atoms in total. The van der Waals surface area contributed by atoms with Crippen LogP contribution in [0.25, 0.3) is 11.0 Å². The molecule has 0 spiro atoms. The van der Waals surface area contributed by atoms with Crippen LogP contribution in [-0.2, 0) is 9.63 Å². The van der Waals surface area contributed by atoms with E-state index in [9.17, 15) is 9.59 Å². The number of anilines is 1. The van der Waals surface area contributed by atoms with Crippen molar-refractivity contribution < 1.29 is 23.6 Å². The lowest BCUT2D eigenvalue weighted by Crippen LogP contribution is -2.23. The largest absolute Gasteiger partial charge is 0.497 e. The fraction of sp³-hybridized carbons (Fsp3) is 0.190. The van der Waals surface area contributed by atoms with Gasteiger partial charge in [-0.2, -0.15) is 0 Å². The molecule has 0 fully saturated rings. The van der Waals surface area contributed by atoms with Crippen LogP contribution >= 0.6 is 0 Å². The van der Waals surface area contributed by atoms with E-state index in [2.05, 4.69) is 10.5 Å². The van der Waals surface area contributed by atoms with Gasteiger partial charge in [-0.05, 0) is 29.4 Å². The first-order chi connectivity index (χ1) is 13.5. The Morgan fingerprint density at radius 2 is 1.86 bits per heavy atom. The summed E-state index contributed by atoms with van der Waals surface area (Å²) in [4.78, 5) is 29.5. The van der Waals surface area contributed by atoms with Crippen molar-refractivity contribution in [1.82, 2.24) is 0 Å². The highest BCUT2D eigenvalue weighted by molar-refractivity contribution is 6.05. The normalized spacial score (nSPS) is 11.5. The molecule has 1 amide bonds. The minimum absolute atomic E-state index is 0.0897. The number of nitrogens with zero attached hydrogens (tertiary/aromatic N) is 1. The molecule has 2 aromatic carbocycles. The maximum Gasteiger partial charge on any atom is 0.337 e. The number of hydrogen-bond acceptors (Lipinski definition) is 6. The molecule has 0 saturated heterocycles. The monoisotopic (exact) mass is 380 g/mol. The average molecular weight is 380 g/mol. The summed E-state index contributed by atoms with van der Waals surface area (Å²) >= 11 is 0. The first-order valence-corrected chi connectivity index (χ1v) is 8.71. The summed E-state index contributed by atoms with van der Waals surface area (Å²) in [5, 5.41) is 7.26. The van der Waals surface area contributed by atoms with Gasteiger partial charge < -0.3 is 19.3 Å². The molecule has 0 aliphatic heterocycles. The third-order valence-corrected chi connectivity index (χ3v) is 3.92. The van der Waals surface area contributed by atoms with E-state index in [1.165, 1.54) is 0 Å². The van der Waals surface area contributed by atoms with E-state index in [1.807, 2.05) is 12.1 Å². The number of amides is 1. The van der Waals surface area contributed by atoms with Crippen molar-refractivity contribution in [2.45, 2.75) is 13.8 Å². The van der Waals surface area contributed by atoms with E-state index in [1.54, 1.807) is 63.4 Å². The van der Waals surface area contributed by atoms with Crippen molar-refractivity contribution in [2.24, 2.45) is 11.1 Å². The minimum atomic E-state index is -0.525. The number of benzene rings is 2. The highest BCUT2D eigenvalue weighted by Gasteiger charge is 2.15. The number of fused-ring (bicyclic) bond motifs is 1. The van der Waals surface area contributed by atoms with Gasteiger partial charge in [0, 0.05) is 17.1 Å². The summed E-state index contributed by atoms with van der Waals surface area (Å²) in [5.74, 6) is -0.736. The van der Waals surface area contributed by atoms with Crippen LogP contribution in [0.2, 0.25) is 0 Å². The Morgan fingerprint density at radius 3 is 2.61 bits per heavy atom. The molecular weight excluding hydrogens is 360 g/mol.